The van der Waals surface area contributed by atoms with Gasteiger partial charge in [-0.2, -0.15) is 0 Å². The van der Waals surface area contributed by atoms with Crippen LogP contribution < -0.4 is 5.32 Å². The van der Waals surface area contributed by atoms with Crippen LogP contribution in [0.15, 0.2) is 22.8 Å². The Morgan fingerprint density at radius 1 is 1.09 bits per heavy atom. The lowest BCUT2D eigenvalue weighted by Crippen LogP contribution is -2.55. The minimum atomic E-state index is -0.116. The first-order chi connectivity index (χ1) is 10.7. The van der Waals surface area contributed by atoms with Gasteiger partial charge in [-0.05, 0) is 25.0 Å². The fourth-order valence-electron chi connectivity index (χ4n) is 2.78. The van der Waals surface area contributed by atoms with Crippen molar-refractivity contribution in [2.75, 3.05) is 39.4 Å². The van der Waals surface area contributed by atoms with Crippen molar-refractivity contribution in [2.45, 2.75) is 18.9 Å². The largest absolute Gasteiger partial charge is 0.459 e. The zero-order valence-electron chi connectivity index (χ0n) is 12.5. The van der Waals surface area contributed by atoms with Crippen molar-refractivity contribution in [1.82, 2.24) is 15.1 Å². The van der Waals surface area contributed by atoms with Gasteiger partial charge in [0.1, 0.15) is 0 Å². The number of hydrogen-bond donors (Lipinski definition) is 1. The lowest BCUT2D eigenvalue weighted by Gasteiger charge is -2.35. The number of urea groups is 1. The minimum Gasteiger partial charge on any atom is -0.459 e. The molecule has 7 nitrogen and oxygen atoms in total. The van der Waals surface area contributed by atoms with Gasteiger partial charge in [0.05, 0.1) is 6.26 Å². The van der Waals surface area contributed by atoms with Crippen LogP contribution in [0.3, 0.4) is 0 Å². The predicted molar refractivity (Wildman–Crippen MR) is 78.6 cm³/mol. The minimum absolute atomic E-state index is 0.0444. The number of carbonyl (C=O) groups excluding carboxylic acids is 2. The number of hydrogen-bond acceptors (Lipinski definition) is 4. The third kappa shape index (κ3) is 3.41. The Labute approximate surface area is 129 Å². The second-order valence-electron chi connectivity index (χ2n) is 5.59. The SMILES string of the molecule is O=C(NC1CCOCC1)N1CCN(C(=O)c2ccco2)CC1. The van der Waals surface area contributed by atoms with E-state index in [-0.39, 0.29) is 18.0 Å². The molecule has 1 aromatic rings. The highest BCUT2D eigenvalue weighted by Crippen LogP contribution is 2.11. The number of ether oxygens (including phenoxy) is 1. The average molecular weight is 307 g/mol. The topological polar surface area (TPSA) is 75.0 Å². The predicted octanol–water partition coefficient (Wildman–Crippen LogP) is 0.926. The fourth-order valence-corrected chi connectivity index (χ4v) is 2.78. The molecule has 3 amide bonds. The van der Waals surface area contributed by atoms with Crippen LogP contribution in [0.4, 0.5) is 4.79 Å². The van der Waals surface area contributed by atoms with Crippen molar-refractivity contribution < 1.29 is 18.7 Å². The van der Waals surface area contributed by atoms with Crippen LogP contribution in [-0.2, 0) is 4.74 Å². The first-order valence-corrected chi connectivity index (χ1v) is 7.70. The summed E-state index contributed by atoms with van der Waals surface area (Å²) in [4.78, 5) is 27.9. The molecular formula is C15H21N3O4. The quantitative estimate of drug-likeness (QED) is 0.882. The third-order valence-electron chi connectivity index (χ3n) is 4.13. The zero-order valence-corrected chi connectivity index (χ0v) is 12.5. The van der Waals surface area contributed by atoms with Gasteiger partial charge in [0.25, 0.3) is 5.91 Å². The van der Waals surface area contributed by atoms with Crippen LogP contribution in [-0.4, -0.2) is 67.2 Å². The van der Waals surface area contributed by atoms with E-state index in [2.05, 4.69) is 5.32 Å². The molecule has 0 aromatic carbocycles. The second kappa shape index (κ2) is 6.83. The summed E-state index contributed by atoms with van der Waals surface area (Å²) in [6.45, 7) is 3.55. The number of rotatable bonds is 2. The maximum absolute atomic E-state index is 12.2. The van der Waals surface area contributed by atoms with Crippen molar-refractivity contribution in [2.24, 2.45) is 0 Å². The van der Waals surface area contributed by atoms with Crippen molar-refractivity contribution in [3.8, 4) is 0 Å². The van der Waals surface area contributed by atoms with E-state index in [4.69, 9.17) is 9.15 Å². The number of nitrogens with one attached hydrogen (secondary N) is 1. The normalized spacial score (nSPS) is 20.0. The van der Waals surface area contributed by atoms with Gasteiger partial charge in [0.15, 0.2) is 5.76 Å². The lowest BCUT2D eigenvalue weighted by molar-refractivity contribution is 0.0612. The van der Waals surface area contributed by atoms with Crippen molar-refractivity contribution in [3.05, 3.63) is 24.2 Å². The standard InChI is InChI=1S/C15H21N3O4/c19-14(13-2-1-9-22-13)17-5-7-18(8-6-17)15(20)16-12-3-10-21-11-4-12/h1-2,9,12H,3-8,10-11H2,(H,16,20). The Bertz CT molecular complexity index is 503. The Morgan fingerprint density at radius 2 is 1.77 bits per heavy atom. The first-order valence-electron chi connectivity index (χ1n) is 7.70. The molecule has 3 heterocycles. The monoisotopic (exact) mass is 307 g/mol. The molecule has 22 heavy (non-hydrogen) atoms. The number of amides is 3. The molecule has 1 aromatic heterocycles. The van der Waals surface area contributed by atoms with Gasteiger partial charge >= 0.3 is 6.03 Å². The van der Waals surface area contributed by atoms with Crippen LogP contribution in [0.25, 0.3) is 0 Å². The van der Waals surface area contributed by atoms with E-state index in [1.54, 1.807) is 21.9 Å². The Balaban J connectivity index is 1.46. The highest BCUT2D eigenvalue weighted by atomic mass is 16.5. The Kier molecular flexibility index (Phi) is 4.62. The molecule has 1 N–H and O–H groups in total. The molecule has 120 valence electrons. The highest BCUT2D eigenvalue weighted by Gasteiger charge is 2.27. The molecule has 0 atom stereocenters. The third-order valence-corrected chi connectivity index (χ3v) is 4.13. The van der Waals surface area contributed by atoms with E-state index in [0.717, 1.165) is 12.8 Å². The van der Waals surface area contributed by atoms with Crippen LogP contribution in [0.1, 0.15) is 23.4 Å². The molecule has 2 aliphatic heterocycles. The van der Waals surface area contributed by atoms with Crippen molar-refractivity contribution >= 4 is 11.9 Å². The number of carbonyl (C=O) groups is 2. The number of nitrogens with zero attached hydrogens (tertiary/aromatic N) is 2. The van der Waals surface area contributed by atoms with Gasteiger partial charge in [0, 0.05) is 45.4 Å². The van der Waals surface area contributed by atoms with E-state index in [1.807, 2.05) is 0 Å². The molecule has 0 bridgehead atoms. The smallest absolute Gasteiger partial charge is 0.317 e. The van der Waals surface area contributed by atoms with E-state index in [9.17, 15) is 9.59 Å². The molecule has 2 aliphatic rings. The summed E-state index contributed by atoms with van der Waals surface area (Å²) < 4.78 is 10.4. The molecule has 0 radical (unpaired) electrons. The first kappa shape index (κ1) is 14.9. The van der Waals surface area contributed by atoms with Crippen LogP contribution in [0.2, 0.25) is 0 Å². The molecular weight excluding hydrogens is 286 g/mol. The van der Waals surface area contributed by atoms with Gasteiger partial charge in [-0.15, -0.1) is 0 Å². The lowest BCUT2D eigenvalue weighted by atomic mass is 10.1. The molecule has 2 fully saturated rings. The number of piperazine rings is 1. The summed E-state index contributed by atoms with van der Waals surface area (Å²) >= 11 is 0. The van der Waals surface area contributed by atoms with Gasteiger partial charge in [-0.1, -0.05) is 0 Å². The molecule has 0 unspecified atom stereocenters. The van der Waals surface area contributed by atoms with Crippen LogP contribution >= 0.6 is 0 Å². The summed E-state index contributed by atoms with van der Waals surface area (Å²) in [7, 11) is 0. The van der Waals surface area contributed by atoms with Gasteiger partial charge in [0.2, 0.25) is 0 Å². The fraction of sp³-hybridized carbons (Fsp3) is 0.600. The van der Waals surface area contributed by atoms with Crippen LogP contribution in [0.5, 0.6) is 0 Å². The van der Waals surface area contributed by atoms with E-state index in [0.29, 0.717) is 45.2 Å². The Hall–Kier alpha value is -2.02. The highest BCUT2D eigenvalue weighted by molar-refractivity contribution is 5.91. The van der Waals surface area contributed by atoms with Crippen LogP contribution in [0, 0.1) is 0 Å². The summed E-state index contributed by atoms with van der Waals surface area (Å²) in [5.41, 5.74) is 0. The zero-order chi connectivity index (χ0) is 15.4. The average Bonchev–Trinajstić information content (AvgIpc) is 3.10. The maximum atomic E-state index is 12.2. The van der Waals surface area contributed by atoms with Gasteiger partial charge in [-0.25, -0.2) is 4.79 Å². The van der Waals surface area contributed by atoms with Gasteiger partial charge in [-0.3, -0.25) is 4.79 Å². The number of furan rings is 1. The van der Waals surface area contributed by atoms with Gasteiger partial charge < -0.3 is 24.3 Å². The molecule has 0 spiro atoms. The summed E-state index contributed by atoms with van der Waals surface area (Å²) in [5, 5.41) is 3.05. The van der Waals surface area contributed by atoms with Crippen molar-refractivity contribution in [3.63, 3.8) is 0 Å². The van der Waals surface area contributed by atoms with E-state index in [1.165, 1.54) is 6.26 Å². The molecule has 3 rings (SSSR count). The molecule has 0 aliphatic carbocycles. The molecule has 2 saturated heterocycles. The van der Waals surface area contributed by atoms with E-state index >= 15 is 0 Å². The molecule has 0 saturated carbocycles. The van der Waals surface area contributed by atoms with Crippen molar-refractivity contribution in [1.29, 1.82) is 0 Å². The summed E-state index contributed by atoms with van der Waals surface area (Å²) in [6.07, 6.45) is 3.22. The summed E-state index contributed by atoms with van der Waals surface area (Å²) in [5.74, 6) is 0.231. The maximum Gasteiger partial charge on any atom is 0.317 e. The molecule has 7 heteroatoms. The second-order valence-corrected chi connectivity index (χ2v) is 5.59. The summed E-state index contributed by atoms with van der Waals surface area (Å²) in [6, 6.07) is 3.51. The van der Waals surface area contributed by atoms with E-state index < -0.39 is 0 Å². The Morgan fingerprint density at radius 3 is 2.41 bits per heavy atom.